The van der Waals surface area contributed by atoms with Crippen LogP contribution in [0.4, 0.5) is 4.79 Å². The Kier molecular flexibility index (Phi) is 5.84. The SMILES string of the molecule is N#Cc1ccccc1-c1ccc(CN2C(=O)S/C(=C\c3ccc(Br)cc3)C2=O)cc1. The van der Waals surface area contributed by atoms with Crippen LogP contribution in [0.15, 0.2) is 82.2 Å². The van der Waals surface area contributed by atoms with E-state index in [2.05, 4.69) is 22.0 Å². The number of rotatable bonds is 4. The number of hydrogen-bond acceptors (Lipinski definition) is 4. The maximum atomic E-state index is 12.7. The van der Waals surface area contributed by atoms with E-state index in [4.69, 9.17) is 0 Å². The quantitative estimate of drug-likeness (QED) is 0.420. The summed E-state index contributed by atoms with van der Waals surface area (Å²) < 4.78 is 0.952. The summed E-state index contributed by atoms with van der Waals surface area (Å²) in [7, 11) is 0. The number of halogens is 1. The second-order valence-electron chi connectivity index (χ2n) is 6.67. The Bertz CT molecular complexity index is 1200. The fourth-order valence-corrected chi connectivity index (χ4v) is 4.25. The van der Waals surface area contributed by atoms with Gasteiger partial charge < -0.3 is 0 Å². The molecule has 4 nitrogen and oxygen atoms in total. The third-order valence-corrected chi connectivity index (χ3v) is 6.13. The molecule has 0 radical (unpaired) electrons. The highest BCUT2D eigenvalue weighted by molar-refractivity contribution is 9.10. The minimum atomic E-state index is -0.285. The molecular weight excluding hydrogens is 460 g/mol. The average molecular weight is 475 g/mol. The number of hydrogen-bond donors (Lipinski definition) is 0. The third-order valence-electron chi connectivity index (χ3n) is 4.69. The zero-order chi connectivity index (χ0) is 21.1. The molecule has 1 heterocycles. The molecule has 1 aliphatic rings. The average Bonchev–Trinajstić information content (AvgIpc) is 3.03. The van der Waals surface area contributed by atoms with Crippen LogP contribution in [0.5, 0.6) is 0 Å². The van der Waals surface area contributed by atoms with Crippen LogP contribution < -0.4 is 0 Å². The Hall–Kier alpha value is -3.14. The standard InChI is InChI=1S/C24H15BrN2O2S/c25-20-11-7-16(8-12-20)13-22-23(28)27(24(29)30-22)15-17-5-9-18(10-6-17)21-4-2-1-3-19(21)14-26/h1-13H,15H2/b22-13-. The van der Waals surface area contributed by atoms with Gasteiger partial charge in [-0.25, -0.2) is 0 Å². The van der Waals surface area contributed by atoms with Gasteiger partial charge >= 0.3 is 0 Å². The second kappa shape index (κ2) is 8.70. The molecule has 0 spiro atoms. The molecule has 3 aromatic rings. The van der Waals surface area contributed by atoms with Crippen LogP contribution in [0.2, 0.25) is 0 Å². The third kappa shape index (κ3) is 4.23. The number of nitriles is 1. The van der Waals surface area contributed by atoms with Crippen molar-refractivity contribution >= 4 is 44.9 Å². The van der Waals surface area contributed by atoms with Crippen molar-refractivity contribution < 1.29 is 9.59 Å². The molecule has 0 aliphatic carbocycles. The van der Waals surface area contributed by atoms with Crippen molar-refractivity contribution in [2.24, 2.45) is 0 Å². The first-order chi connectivity index (χ1) is 14.5. The van der Waals surface area contributed by atoms with Gasteiger partial charge in [-0.2, -0.15) is 5.26 Å². The Morgan fingerprint density at radius 1 is 0.967 bits per heavy atom. The molecule has 0 atom stereocenters. The van der Waals surface area contributed by atoms with Crippen molar-refractivity contribution in [1.82, 2.24) is 4.90 Å². The number of benzene rings is 3. The van der Waals surface area contributed by atoms with E-state index in [0.717, 1.165) is 38.5 Å². The van der Waals surface area contributed by atoms with Crippen molar-refractivity contribution in [1.29, 1.82) is 5.26 Å². The zero-order valence-corrected chi connectivity index (χ0v) is 18.1. The van der Waals surface area contributed by atoms with Gasteiger partial charge in [-0.15, -0.1) is 0 Å². The van der Waals surface area contributed by atoms with Gasteiger partial charge in [0.1, 0.15) is 0 Å². The Morgan fingerprint density at radius 2 is 1.67 bits per heavy atom. The monoisotopic (exact) mass is 474 g/mol. The summed E-state index contributed by atoms with van der Waals surface area (Å²) in [5.41, 5.74) is 4.09. The zero-order valence-electron chi connectivity index (χ0n) is 15.7. The van der Waals surface area contributed by atoms with E-state index in [1.807, 2.05) is 66.7 Å². The number of thioether (sulfide) groups is 1. The molecule has 6 heteroatoms. The topological polar surface area (TPSA) is 61.2 Å². The van der Waals surface area contributed by atoms with Gasteiger partial charge in [0.25, 0.3) is 11.1 Å². The van der Waals surface area contributed by atoms with Crippen LogP contribution in [0, 0.1) is 11.3 Å². The number of amides is 2. The predicted octanol–water partition coefficient (Wildman–Crippen LogP) is 6.22. The van der Waals surface area contributed by atoms with Crippen molar-refractivity contribution in [2.75, 3.05) is 0 Å². The minimum absolute atomic E-state index is 0.211. The second-order valence-corrected chi connectivity index (χ2v) is 8.58. The van der Waals surface area contributed by atoms with E-state index in [0.29, 0.717) is 10.5 Å². The van der Waals surface area contributed by atoms with Crippen LogP contribution in [-0.4, -0.2) is 16.0 Å². The van der Waals surface area contributed by atoms with Crippen LogP contribution in [0.3, 0.4) is 0 Å². The lowest BCUT2D eigenvalue weighted by Crippen LogP contribution is -2.27. The number of imide groups is 1. The van der Waals surface area contributed by atoms with Gasteiger partial charge in [0, 0.05) is 4.47 Å². The van der Waals surface area contributed by atoms with Crippen molar-refractivity contribution in [3.63, 3.8) is 0 Å². The molecule has 2 amide bonds. The van der Waals surface area contributed by atoms with Gasteiger partial charge in [-0.3, -0.25) is 14.5 Å². The molecule has 0 aromatic heterocycles. The maximum absolute atomic E-state index is 12.7. The lowest BCUT2D eigenvalue weighted by Gasteiger charge is -2.13. The van der Waals surface area contributed by atoms with Gasteiger partial charge in [0.2, 0.25) is 0 Å². The molecule has 0 N–H and O–H groups in total. The van der Waals surface area contributed by atoms with Crippen LogP contribution in [0.25, 0.3) is 17.2 Å². The van der Waals surface area contributed by atoms with Gasteiger partial charge in [0.15, 0.2) is 0 Å². The lowest BCUT2D eigenvalue weighted by molar-refractivity contribution is -0.123. The summed E-state index contributed by atoms with van der Waals surface area (Å²) >= 11 is 4.34. The van der Waals surface area contributed by atoms with E-state index in [1.165, 1.54) is 4.90 Å². The largest absolute Gasteiger partial charge is 0.293 e. The Balaban J connectivity index is 1.51. The van der Waals surface area contributed by atoms with E-state index >= 15 is 0 Å². The molecular formula is C24H15BrN2O2S. The highest BCUT2D eigenvalue weighted by Gasteiger charge is 2.34. The number of carbonyl (C=O) groups is 2. The van der Waals surface area contributed by atoms with E-state index in [9.17, 15) is 14.9 Å². The van der Waals surface area contributed by atoms with E-state index in [-0.39, 0.29) is 17.7 Å². The first-order valence-electron chi connectivity index (χ1n) is 9.14. The molecule has 4 rings (SSSR count). The summed E-state index contributed by atoms with van der Waals surface area (Å²) in [5, 5.41) is 9.01. The number of carbonyl (C=O) groups excluding carboxylic acids is 2. The van der Waals surface area contributed by atoms with Gasteiger partial charge in [0.05, 0.1) is 23.1 Å². The minimum Gasteiger partial charge on any atom is -0.268 e. The lowest BCUT2D eigenvalue weighted by atomic mass is 9.99. The fourth-order valence-electron chi connectivity index (χ4n) is 3.15. The van der Waals surface area contributed by atoms with Crippen LogP contribution in [-0.2, 0) is 11.3 Å². The summed E-state index contributed by atoms with van der Waals surface area (Å²) in [5.74, 6) is -0.285. The summed E-state index contributed by atoms with van der Waals surface area (Å²) in [6.45, 7) is 0.211. The summed E-state index contributed by atoms with van der Waals surface area (Å²) in [4.78, 5) is 26.8. The smallest absolute Gasteiger partial charge is 0.268 e. The Morgan fingerprint density at radius 3 is 2.37 bits per heavy atom. The van der Waals surface area contributed by atoms with Crippen molar-refractivity contribution in [3.05, 3.63) is 98.9 Å². The molecule has 146 valence electrons. The van der Waals surface area contributed by atoms with E-state index < -0.39 is 0 Å². The molecule has 30 heavy (non-hydrogen) atoms. The first-order valence-corrected chi connectivity index (χ1v) is 10.8. The molecule has 3 aromatic carbocycles. The summed E-state index contributed by atoms with van der Waals surface area (Å²) in [6, 6.07) is 24.7. The highest BCUT2D eigenvalue weighted by Crippen LogP contribution is 2.33. The highest BCUT2D eigenvalue weighted by atomic mass is 79.9. The van der Waals surface area contributed by atoms with Crippen molar-refractivity contribution in [2.45, 2.75) is 6.54 Å². The molecule has 0 bridgehead atoms. The molecule has 1 saturated heterocycles. The van der Waals surface area contributed by atoms with E-state index in [1.54, 1.807) is 12.1 Å². The Labute approximate surface area is 187 Å². The van der Waals surface area contributed by atoms with Crippen LogP contribution >= 0.6 is 27.7 Å². The molecule has 0 unspecified atom stereocenters. The summed E-state index contributed by atoms with van der Waals surface area (Å²) in [6.07, 6.45) is 1.74. The predicted molar refractivity (Wildman–Crippen MR) is 122 cm³/mol. The maximum Gasteiger partial charge on any atom is 0.293 e. The van der Waals surface area contributed by atoms with Crippen LogP contribution in [0.1, 0.15) is 16.7 Å². The van der Waals surface area contributed by atoms with Crippen molar-refractivity contribution in [3.8, 4) is 17.2 Å². The van der Waals surface area contributed by atoms with Gasteiger partial charge in [-0.05, 0) is 58.3 Å². The fraction of sp³-hybridized carbons (Fsp3) is 0.0417. The first kappa shape index (κ1) is 20.1. The molecule has 1 aliphatic heterocycles. The molecule has 1 fully saturated rings. The number of nitrogens with zero attached hydrogens (tertiary/aromatic N) is 2. The normalized spacial score (nSPS) is 14.9. The molecule has 0 saturated carbocycles. The van der Waals surface area contributed by atoms with Gasteiger partial charge in [-0.1, -0.05) is 70.5 Å².